The third-order valence-corrected chi connectivity index (χ3v) is 9.13. The molecule has 0 saturated carbocycles. The van der Waals surface area contributed by atoms with Crippen LogP contribution in [0.3, 0.4) is 0 Å². The Balaban J connectivity index is 1.65. The van der Waals surface area contributed by atoms with E-state index in [1.54, 1.807) is 38.5 Å². The van der Waals surface area contributed by atoms with Crippen molar-refractivity contribution in [3.8, 4) is 11.5 Å². The fourth-order valence-corrected chi connectivity index (χ4v) is 7.08. The first kappa shape index (κ1) is 36.6. The van der Waals surface area contributed by atoms with Gasteiger partial charge in [-0.1, -0.05) is 54.6 Å². The standard InChI is InChI=1S/C35H38F3N3O8Si/c1-45-25-15-11-23(12-16-25)34(22-9-7-6-8-10-22,24-13-17-26(46-2)18-14-24)47-21-27-30(49-50(3,4)5)29(40-32(43)35(36,37)38)31(48-27)41-20-19-28(42)39-33(41)44/h6-20,27,29-31H,21H2,1-5H3,(H,40,43)(H,39,42,44)/t27-,29-,30-,31-/m1/s1. The van der Waals surface area contributed by atoms with Crippen molar-refractivity contribution in [1.29, 1.82) is 0 Å². The first-order chi connectivity index (χ1) is 23.7. The molecule has 0 aliphatic carbocycles. The largest absolute Gasteiger partial charge is 0.497 e. The Labute approximate surface area is 287 Å². The lowest BCUT2D eigenvalue weighted by Crippen LogP contribution is -2.55. The van der Waals surface area contributed by atoms with E-state index in [1.807, 2.05) is 79.6 Å². The minimum Gasteiger partial charge on any atom is -0.497 e. The van der Waals surface area contributed by atoms with Crippen molar-refractivity contribution in [2.24, 2.45) is 0 Å². The number of nitrogens with zero attached hydrogens (tertiary/aromatic N) is 1. The maximum Gasteiger partial charge on any atom is 0.471 e. The van der Waals surface area contributed by atoms with Crippen molar-refractivity contribution in [1.82, 2.24) is 14.9 Å². The molecule has 0 radical (unpaired) electrons. The fraction of sp³-hybridized carbons (Fsp3) is 0.343. The number of alkyl halides is 3. The van der Waals surface area contributed by atoms with E-state index in [2.05, 4.69) is 4.98 Å². The Kier molecular flexibility index (Phi) is 10.7. The van der Waals surface area contributed by atoms with Gasteiger partial charge in [-0.2, -0.15) is 13.2 Å². The van der Waals surface area contributed by atoms with Gasteiger partial charge in [0.05, 0.1) is 26.9 Å². The number of methoxy groups -OCH3 is 2. The van der Waals surface area contributed by atoms with Crippen LogP contribution in [0.4, 0.5) is 13.2 Å². The second-order valence-electron chi connectivity index (χ2n) is 12.6. The van der Waals surface area contributed by atoms with Gasteiger partial charge in [0, 0.05) is 12.3 Å². The zero-order valence-corrected chi connectivity index (χ0v) is 29.0. The van der Waals surface area contributed by atoms with E-state index in [0.717, 1.165) is 16.8 Å². The Morgan fingerprint density at radius 1 is 0.860 bits per heavy atom. The Morgan fingerprint density at radius 3 is 1.88 bits per heavy atom. The third-order valence-electron chi connectivity index (χ3n) is 8.15. The number of H-pyrrole nitrogens is 1. The van der Waals surface area contributed by atoms with Crippen LogP contribution in [-0.2, 0) is 24.3 Å². The molecule has 4 atom stereocenters. The summed E-state index contributed by atoms with van der Waals surface area (Å²) in [7, 11) is 0.514. The van der Waals surface area contributed by atoms with Gasteiger partial charge in [0.2, 0.25) is 0 Å². The lowest BCUT2D eigenvalue weighted by molar-refractivity contribution is -0.175. The average Bonchev–Trinajstić information content (AvgIpc) is 3.40. The molecule has 1 aliphatic rings. The van der Waals surface area contributed by atoms with Crippen molar-refractivity contribution in [3.63, 3.8) is 0 Å². The number of rotatable bonds is 12. The molecule has 4 aromatic rings. The van der Waals surface area contributed by atoms with Gasteiger partial charge in [-0.25, -0.2) is 4.79 Å². The highest BCUT2D eigenvalue weighted by molar-refractivity contribution is 6.69. The van der Waals surface area contributed by atoms with Crippen molar-refractivity contribution < 1.29 is 41.3 Å². The lowest BCUT2D eigenvalue weighted by Gasteiger charge is -2.38. The highest BCUT2D eigenvalue weighted by Crippen LogP contribution is 2.43. The van der Waals surface area contributed by atoms with Crippen LogP contribution in [0.5, 0.6) is 11.5 Å². The summed E-state index contributed by atoms with van der Waals surface area (Å²) < 4.78 is 72.4. The number of benzene rings is 3. The summed E-state index contributed by atoms with van der Waals surface area (Å²) in [6.07, 6.45) is -7.99. The number of nitrogens with one attached hydrogen (secondary N) is 2. The second kappa shape index (κ2) is 14.6. The van der Waals surface area contributed by atoms with Gasteiger partial charge >= 0.3 is 17.8 Å². The molecule has 0 bridgehead atoms. The number of carbonyl (C=O) groups is 1. The molecule has 0 unspecified atom stereocenters. The fourth-order valence-electron chi connectivity index (χ4n) is 5.96. The zero-order valence-electron chi connectivity index (χ0n) is 28.0. The number of carbonyl (C=O) groups excluding carboxylic acids is 1. The van der Waals surface area contributed by atoms with E-state index < -0.39 is 61.7 Å². The topological polar surface area (TPSA) is 130 Å². The van der Waals surface area contributed by atoms with E-state index in [4.69, 9.17) is 23.4 Å². The maximum absolute atomic E-state index is 13.7. The van der Waals surface area contributed by atoms with Gasteiger partial charge in [0.25, 0.3) is 5.56 Å². The van der Waals surface area contributed by atoms with E-state index in [9.17, 15) is 27.6 Å². The monoisotopic (exact) mass is 713 g/mol. The molecule has 3 aromatic carbocycles. The molecule has 2 heterocycles. The molecule has 11 nitrogen and oxygen atoms in total. The molecule has 0 spiro atoms. The molecule has 1 saturated heterocycles. The smallest absolute Gasteiger partial charge is 0.471 e. The quantitative estimate of drug-likeness (QED) is 0.159. The van der Waals surface area contributed by atoms with Crippen LogP contribution in [0.25, 0.3) is 0 Å². The minimum absolute atomic E-state index is 0.283. The summed E-state index contributed by atoms with van der Waals surface area (Å²) >= 11 is 0. The number of halogens is 3. The number of hydrogen-bond acceptors (Lipinski definition) is 8. The van der Waals surface area contributed by atoms with E-state index in [-0.39, 0.29) is 6.61 Å². The molecule has 50 heavy (non-hydrogen) atoms. The minimum atomic E-state index is -5.25. The Morgan fingerprint density at radius 2 is 1.40 bits per heavy atom. The number of ether oxygens (including phenoxy) is 4. The van der Waals surface area contributed by atoms with Gasteiger partial charge in [0.1, 0.15) is 29.2 Å². The zero-order chi connectivity index (χ0) is 36.3. The SMILES string of the molecule is COc1ccc(C(OC[C@H]2O[C@@H](n3ccc(=O)[nH]c3=O)[C@H](NC(=O)C(F)(F)F)[C@@H]2O[Si](C)(C)C)(c2ccccc2)c2ccc(OC)cc2)cc1. The summed E-state index contributed by atoms with van der Waals surface area (Å²) in [4.78, 5) is 39.3. The van der Waals surface area contributed by atoms with E-state index in [1.165, 1.54) is 0 Å². The van der Waals surface area contributed by atoms with Crippen LogP contribution in [0.1, 0.15) is 22.9 Å². The number of amides is 1. The van der Waals surface area contributed by atoms with Crippen LogP contribution in [0.15, 0.2) is 101 Å². The first-order valence-electron chi connectivity index (χ1n) is 15.7. The third kappa shape index (κ3) is 7.86. The summed E-state index contributed by atoms with van der Waals surface area (Å²) in [5.74, 6) is -1.04. The maximum atomic E-state index is 13.7. The molecule has 1 aromatic heterocycles. The van der Waals surface area contributed by atoms with Gasteiger partial charge in [-0.3, -0.25) is 19.1 Å². The number of hydrogen-bond donors (Lipinski definition) is 2. The van der Waals surface area contributed by atoms with E-state index in [0.29, 0.717) is 28.2 Å². The normalized spacial score (nSPS) is 19.6. The summed E-state index contributed by atoms with van der Waals surface area (Å²) in [6, 6.07) is 23.3. The average molecular weight is 714 g/mol. The molecule has 2 N–H and O–H groups in total. The summed E-state index contributed by atoms with van der Waals surface area (Å²) in [5.41, 5.74) is -0.911. The van der Waals surface area contributed by atoms with E-state index >= 15 is 0 Å². The lowest BCUT2D eigenvalue weighted by atomic mass is 9.80. The van der Waals surface area contributed by atoms with Gasteiger partial charge in [-0.05, 0) is 60.6 Å². The molecule has 1 aliphatic heterocycles. The molecule has 5 rings (SSSR count). The molecule has 266 valence electrons. The van der Waals surface area contributed by atoms with Crippen LogP contribution in [-0.4, -0.2) is 69.0 Å². The summed E-state index contributed by atoms with van der Waals surface area (Å²) in [6.45, 7) is 5.21. The second-order valence-corrected chi connectivity index (χ2v) is 17.1. The predicted molar refractivity (Wildman–Crippen MR) is 180 cm³/mol. The van der Waals surface area contributed by atoms with Crippen LogP contribution >= 0.6 is 0 Å². The number of aromatic amines is 1. The van der Waals surface area contributed by atoms with Crippen LogP contribution in [0, 0.1) is 0 Å². The molecule has 15 heteroatoms. The highest BCUT2D eigenvalue weighted by atomic mass is 28.4. The van der Waals surface area contributed by atoms with Crippen LogP contribution in [0.2, 0.25) is 19.6 Å². The Bertz CT molecular complexity index is 1830. The van der Waals surface area contributed by atoms with Crippen LogP contribution < -0.4 is 26.0 Å². The summed E-state index contributed by atoms with van der Waals surface area (Å²) in [5, 5.41) is 2.00. The van der Waals surface area contributed by atoms with Crippen molar-refractivity contribution in [2.75, 3.05) is 20.8 Å². The van der Waals surface area contributed by atoms with Gasteiger partial charge < -0.3 is 28.7 Å². The molecular weight excluding hydrogens is 675 g/mol. The van der Waals surface area contributed by atoms with Crippen molar-refractivity contribution >= 4 is 14.2 Å². The first-order valence-corrected chi connectivity index (χ1v) is 19.1. The van der Waals surface area contributed by atoms with Gasteiger partial charge in [0.15, 0.2) is 14.5 Å². The Hall–Kier alpha value is -4.70. The highest BCUT2D eigenvalue weighted by Gasteiger charge is 2.52. The predicted octanol–water partition coefficient (Wildman–Crippen LogP) is 4.73. The van der Waals surface area contributed by atoms with Gasteiger partial charge in [-0.15, -0.1) is 0 Å². The molecule has 1 fully saturated rings. The molecule has 1 amide bonds. The van der Waals surface area contributed by atoms with Crippen molar-refractivity contribution in [3.05, 3.63) is 129 Å². The van der Waals surface area contributed by atoms with Crippen molar-refractivity contribution in [2.45, 2.75) is 55.9 Å². The molecular formula is C35H38F3N3O8Si. The number of aromatic nitrogens is 2.